The molecule has 0 unspecified atom stereocenters. The summed E-state index contributed by atoms with van der Waals surface area (Å²) in [7, 11) is 1.84. The molecule has 0 aliphatic carbocycles. The molecule has 4 nitrogen and oxygen atoms in total. The van der Waals surface area contributed by atoms with Crippen molar-refractivity contribution in [1.82, 2.24) is 9.38 Å². The van der Waals surface area contributed by atoms with Crippen LogP contribution in [0.5, 0.6) is 0 Å². The summed E-state index contributed by atoms with van der Waals surface area (Å²) in [5.41, 5.74) is 2.18. The third kappa shape index (κ3) is 1.78. The zero-order valence-corrected chi connectivity index (χ0v) is 11.3. The highest BCUT2D eigenvalue weighted by atomic mass is 19.1. The van der Waals surface area contributed by atoms with Crippen molar-refractivity contribution in [2.75, 3.05) is 12.4 Å². The number of pyridine rings is 1. The molecule has 1 aromatic carbocycles. The average Bonchev–Trinajstić information content (AvgIpc) is 3.06. The second-order valence-electron chi connectivity index (χ2n) is 4.78. The number of furan rings is 1. The van der Waals surface area contributed by atoms with Crippen LogP contribution in [0, 0.1) is 5.82 Å². The molecule has 3 aromatic heterocycles. The van der Waals surface area contributed by atoms with Gasteiger partial charge in [0.25, 0.3) is 0 Å². The van der Waals surface area contributed by atoms with E-state index in [1.165, 1.54) is 12.1 Å². The molecule has 0 saturated heterocycles. The Morgan fingerprint density at radius 2 is 2.10 bits per heavy atom. The average molecular weight is 281 g/mol. The van der Waals surface area contributed by atoms with Crippen molar-refractivity contribution in [1.29, 1.82) is 0 Å². The molecule has 1 N–H and O–H groups in total. The number of benzene rings is 1. The molecule has 5 heteroatoms. The molecule has 4 aromatic rings. The van der Waals surface area contributed by atoms with Crippen LogP contribution in [0.25, 0.3) is 28.1 Å². The number of fused-ring (bicyclic) bond motifs is 2. The Morgan fingerprint density at radius 3 is 2.95 bits per heavy atom. The lowest BCUT2D eigenvalue weighted by atomic mass is 10.2. The molecule has 3 heterocycles. The Hall–Kier alpha value is -2.82. The minimum Gasteiger partial charge on any atom is -0.454 e. The first-order valence-corrected chi connectivity index (χ1v) is 6.60. The van der Waals surface area contributed by atoms with Crippen molar-refractivity contribution < 1.29 is 8.81 Å². The topological polar surface area (TPSA) is 42.5 Å². The highest BCUT2D eigenvalue weighted by Crippen LogP contribution is 2.33. The van der Waals surface area contributed by atoms with Gasteiger partial charge in [0.15, 0.2) is 5.76 Å². The lowest BCUT2D eigenvalue weighted by Gasteiger charge is -2.01. The van der Waals surface area contributed by atoms with Gasteiger partial charge in [-0.3, -0.25) is 4.40 Å². The number of nitrogens with zero attached hydrogens (tertiary/aromatic N) is 2. The van der Waals surface area contributed by atoms with Crippen molar-refractivity contribution in [2.45, 2.75) is 0 Å². The summed E-state index contributed by atoms with van der Waals surface area (Å²) in [6.07, 6.45) is 1.93. The van der Waals surface area contributed by atoms with Crippen LogP contribution in [0.2, 0.25) is 0 Å². The number of rotatable bonds is 2. The number of anilines is 1. The van der Waals surface area contributed by atoms with E-state index in [2.05, 4.69) is 10.3 Å². The van der Waals surface area contributed by atoms with E-state index in [1.54, 1.807) is 12.1 Å². The van der Waals surface area contributed by atoms with Crippen LogP contribution < -0.4 is 5.32 Å². The Kier molecular flexibility index (Phi) is 2.47. The molecule has 0 bridgehead atoms. The SMILES string of the molecule is CNc1c(-c2cc3cc(F)ccc3o2)nc2ccccn12. The Balaban J connectivity index is 1.99. The highest BCUT2D eigenvalue weighted by Gasteiger charge is 2.16. The number of imidazole rings is 1. The fourth-order valence-corrected chi connectivity index (χ4v) is 2.54. The second kappa shape index (κ2) is 4.34. The van der Waals surface area contributed by atoms with Crippen LogP contribution in [0.15, 0.2) is 53.1 Å². The van der Waals surface area contributed by atoms with Crippen molar-refractivity contribution in [3.05, 3.63) is 54.5 Å². The number of hydrogen-bond acceptors (Lipinski definition) is 3. The van der Waals surface area contributed by atoms with Gasteiger partial charge in [-0.15, -0.1) is 0 Å². The summed E-state index contributed by atoms with van der Waals surface area (Å²) < 4.78 is 21.0. The van der Waals surface area contributed by atoms with Crippen LogP contribution in [0.3, 0.4) is 0 Å². The number of aromatic nitrogens is 2. The van der Waals surface area contributed by atoms with Gasteiger partial charge in [0, 0.05) is 18.6 Å². The molecule has 0 fully saturated rings. The Morgan fingerprint density at radius 1 is 1.19 bits per heavy atom. The zero-order valence-electron chi connectivity index (χ0n) is 11.3. The minimum atomic E-state index is -0.279. The number of hydrogen-bond donors (Lipinski definition) is 1. The Bertz CT molecular complexity index is 955. The fraction of sp³-hybridized carbons (Fsp3) is 0.0625. The van der Waals surface area contributed by atoms with Crippen molar-refractivity contribution in [3.8, 4) is 11.5 Å². The molecule has 104 valence electrons. The maximum Gasteiger partial charge on any atom is 0.157 e. The monoisotopic (exact) mass is 281 g/mol. The molecule has 4 rings (SSSR count). The van der Waals surface area contributed by atoms with E-state index in [9.17, 15) is 4.39 Å². The maximum atomic E-state index is 13.3. The van der Waals surface area contributed by atoms with Crippen LogP contribution in [-0.4, -0.2) is 16.4 Å². The quantitative estimate of drug-likeness (QED) is 0.605. The van der Waals surface area contributed by atoms with E-state index in [-0.39, 0.29) is 5.82 Å². The lowest BCUT2D eigenvalue weighted by Crippen LogP contribution is -1.94. The molecular weight excluding hydrogens is 269 g/mol. The van der Waals surface area contributed by atoms with E-state index in [1.807, 2.05) is 35.8 Å². The van der Waals surface area contributed by atoms with Gasteiger partial charge < -0.3 is 9.73 Å². The third-order valence-corrected chi connectivity index (χ3v) is 3.48. The molecule has 0 radical (unpaired) electrons. The molecule has 0 saturated carbocycles. The van der Waals surface area contributed by atoms with Gasteiger partial charge in [-0.1, -0.05) is 6.07 Å². The van der Waals surface area contributed by atoms with Gasteiger partial charge in [-0.05, 0) is 36.4 Å². The normalized spacial score (nSPS) is 11.3. The molecule has 0 spiro atoms. The van der Waals surface area contributed by atoms with Gasteiger partial charge >= 0.3 is 0 Å². The predicted octanol–water partition coefficient (Wildman–Crippen LogP) is 3.93. The molecule has 21 heavy (non-hydrogen) atoms. The lowest BCUT2D eigenvalue weighted by molar-refractivity contribution is 0.618. The van der Waals surface area contributed by atoms with E-state index >= 15 is 0 Å². The van der Waals surface area contributed by atoms with Gasteiger partial charge in [-0.25, -0.2) is 9.37 Å². The van der Waals surface area contributed by atoms with Crippen molar-refractivity contribution in [2.24, 2.45) is 0 Å². The summed E-state index contributed by atoms with van der Waals surface area (Å²) in [6, 6.07) is 12.1. The van der Waals surface area contributed by atoms with Gasteiger partial charge in [0.1, 0.15) is 28.6 Å². The van der Waals surface area contributed by atoms with Crippen LogP contribution >= 0.6 is 0 Å². The van der Waals surface area contributed by atoms with Crippen LogP contribution in [0.1, 0.15) is 0 Å². The fourth-order valence-electron chi connectivity index (χ4n) is 2.54. The highest BCUT2D eigenvalue weighted by molar-refractivity contribution is 5.85. The van der Waals surface area contributed by atoms with Gasteiger partial charge in [-0.2, -0.15) is 0 Å². The predicted molar refractivity (Wildman–Crippen MR) is 79.9 cm³/mol. The number of nitrogens with one attached hydrogen (secondary N) is 1. The first-order valence-electron chi connectivity index (χ1n) is 6.60. The molecule has 0 aliphatic heterocycles. The van der Waals surface area contributed by atoms with E-state index < -0.39 is 0 Å². The smallest absolute Gasteiger partial charge is 0.157 e. The van der Waals surface area contributed by atoms with Gasteiger partial charge in [0.2, 0.25) is 0 Å². The van der Waals surface area contributed by atoms with Crippen LogP contribution in [0.4, 0.5) is 10.2 Å². The summed E-state index contributed by atoms with van der Waals surface area (Å²) in [4.78, 5) is 4.58. The third-order valence-electron chi connectivity index (χ3n) is 3.48. The summed E-state index contributed by atoms with van der Waals surface area (Å²) in [6.45, 7) is 0. The first kappa shape index (κ1) is 12.0. The zero-order chi connectivity index (χ0) is 14.4. The summed E-state index contributed by atoms with van der Waals surface area (Å²) in [5, 5.41) is 3.87. The largest absolute Gasteiger partial charge is 0.454 e. The van der Waals surface area contributed by atoms with E-state index in [0.717, 1.165) is 16.9 Å². The first-order chi connectivity index (χ1) is 10.3. The maximum absolute atomic E-state index is 13.3. The minimum absolute atomic E-state index is 0.279. The molecule has 0 amide bonds. The van der Waals surface area contributed by atoms with Crippen molar-refractivity contribution >= 4 is 22.4 Å². The van der Waals surface area contributed by atoms with E-state index in [0.29, 0.717) is 17.0 Å². The van der Waals surface area contributed by atoms with Gasteiger partial charge in [0.05, 0.1) is 0 Å². The Labute approximate surface area is 119 Å². The standard InChI is InChI=1S/C16H12FN3O/c1-18-16-15(19-14-4-2-3-7-20(14)16)13-9-10-8-11(17)5-6-12(10)21-13/h2-9,18H,1H3. The molecular formula is C16H12FN3O. The summed E-state index contributed by atoms with van der Waals surface area (Å²) >= 11 is 0. The molecule has 0 atom stereocenters. The summed E-state index contributed by atoms with van der Waals surface area (Å²) in [5.74, 6) is 1.17. The van der Waals surface area contributed by atoms with Crippen LogP contribution in [-0.2, 0) is 0 Å². The second-order valence-corrected chi connectivity index (χ2v) is 4.78. The van der Waals surface area contributed by atoms with Crippen molar-refractivity contribution in [3.63, 3.8) is 0 Å². The number of halogens is 1. The van der Waals surface area contributed by atoms with E-state index in [4.69, 9.17) is 4.42 Å². The molecule has 0 aliphatic rings.